The van der Waals surface area contributed by atoms with E-state index in [0.717, 1.165) is 6.42 Å². The van der Waals surface area contributed by atoms with Crippen LogP contribution in [-0.2, 0) is 9.53 Å². The standard InChI is InChI=1S/C19H27ClN2O5/c1-6-26-15-9-14(19(15,2)3)22(4)18(24)11-7-12(20)17(13(8-11)25-5)27-10-16(21)23/h7-8,14-15H,6,9-10H2,1-5H3,(H2,21,23). The van der Waals surface area contributed by atoms with Gasteiger partial charge in [0, 0.05) is 30.7 Å². The van der Waals surface area contributed by atoms with Gasteiger partial charge in [-0.3, -0.25) is 9.59 Å². The van der Waals surface area contributed by atoms with E-state index in [1.165, 1.54) is 13.2 Å². The Balaban J connectivity index is 2.21. The van der Waals surface area contributed by atoms with Crippen LogP contribution in [-0.4, -0.2) is 56.2 Å². The normalized spacial score (nSPS) is 20.5. The molecule has 0 heterocycles. The number of ether oxygens (including phenoxy) is 3. The summed E-state index contributed by atoms with van der Waals surface area (Å²) in [5.41, 5.74) is 5.33. The molecule has 8 heteroatoms. The van der Waals surface area contributed by atoms with Crippen LogP contribution in [0.15, 0.2) is 12.1 Å². The van der Waals surface area contributed by atoms with E-state index in [1.54, 1.807) is 18.0 Å². The summed E-state index contributed by atoms with van der Waals surface area (Å²) in [6.07, 6.45) is 0.916. The Hall–Kier alpha value is -1.99. The van der Waals surface area contributed by atoms with Crippen molar-refractivity contribution in [1.29, 1.82) is 0 Å². The van der Waals surface area contributed by atoms with Crippen molar-refractivity contribution in [2.45, 2.75) is 39.3 Å². The summed E-state index contributed by atoms with van der Waals surface area (Å²) in [5.74, 6) is -0.369. The molecule has 2 N–H and O–H groups in total. The maximum absolute atomic E-state index is 13.0. The number of benzene rings is 1. The molecule has 2 atom stereocenters. The SMILES string of the molecule is CCOC1CC(N(C)C(=O)c2cc(Cl)c(OCC(N)=O)c(OC)c2)C1(C)C. The van der Waals surface area contributed by atoms with E-state index in [4.69, 9.17) is 31.5 Å². The molecule has 1 fully saturated rings. The van der Waals surface area contributed by atoms with Gasteiger partial charge in [0.05, 0.1) is 18.2 Å². The van der Waals surface area contributed by atoms with Crippen LogP contribution in [0, 0.1) is 5.41 Å². The molecule has 0 aromatic heterocycles. The highest BCUT2D eigenvalue weighted by atomic mass is 35.5. The lowest BCUT2D eigenvalue weighted by molar-refractivity contribution is -0.136. The van der Waals surface area contributed by atoms with Crippen molar-refractivity contribution in [2.24, 2.45) is 11.1 Å². The topological polar surface area (TPSA) is 91.1 Å². The number of primary amides is 1. The Morgan fingerprint density at radius 1 is 1.37 bits per heavy atom. The summed E-state index contributed by atoms with van der Waals surface area (Å²) in [6.45, 7) is 6.48. The first-order valence-corrected chi connectivity index (χ1v) is 9.18. The highest BCUT2D eigenvalue weighted by Crippen LogP contribution is 2.46. The molecule has 1 saturated carbocycles. The predicted octanol–water partition coefficient (Wildman–Crippen LogP) is 2.49. The van der Waals surface area contributed by atoms with Crippen molar-refractivity contribution in [3.05, 3.63) is 22.7 Å². The van der Waals surface area contributed by atoms with Crippen LogP contribution in [0.1, 0.15) is 37.6 Å². The van der Waals surface area contributed by atoms with Gasteiger partial charge in [-0.25, -0.2) is 0 Å². The molecule has 0 radical (unpaired) electrons. The first-order chi connectivity index (χ1) is 12.6. The van der Waals surface area contributed by atoms with Crippen molar-refractivity contribution in [3.8, 4) is 11.5 Å². The summed E-state index contributed by atoms with van der Waals surface area (Å²) in [4.78, 5) is 25.6. The minimum Gasteiger partial charge on any atom is -0.493 e. The van der Waals surface area contributed by atoms with E-state index >= 15 is 0 Å². The van der Waals surface area contributed by atoms with E-state index in [-0.39, 0.29) is 46.6 Å². The van der Waals surface area contributed by atoms with Gasteiger partial charge in [-0.05, 0) is 25.5 Å². The molecule has 0 spiro atoms. The monoisotopic (exact) mass is 398 g/mol. The molecular weight excluding hydrogens is 372 g/mol. The van der Waals surface area contributed by atoms with Crippen LogP contribution >= 0.6 is 11.6 Å². The minimum absolute atomic E-state index is 0.0529. The summed E-state index contributed by atoms with van der Waals surface area (Å²) >= 11 is 6.25. The zero-order chi connectivity index (χ0) is 20.4. The van der Waals surface area contributed by atoms with Gasteiger partial charge in [0.2, 0.25) is 0 Å². The van der Waals surface area contributed by atoms with Crippen LogP contribution in [0.3, 0.4) is 0 Å². The van der Waals surface area contributed by atoms with Gasteiger partial charge in [0.25, 0.3) is 11.8 Å². The quantitative estimate of drug-likeness (QED) is 0.726. The predicted molar refractivity (Wildman–Crippen MR) is 102 cm³/mol. The van der Waals surface area contributed by atoms with E-state index in [1.807, 2.05) is 6.92 Å². The lowest BCUT2D eigenvalue weighted by atomic mass is 9.63. The number of nitrogens with two attached hydrogens (primary N) is 1. The zero-order valence-electron chi connectivity index (χ0n) is 16.4. The number of halogens is 1. The molecule has 7 nitrogen and oxygen atoms in total. The molecule has 1 aliphatic carbocycles. The van der Waals surface area contributed by atoms with Crippen molar-refractivity contribution in [1.82, 2.24) is 4.90 Å². The second-order valence-corrected chi connectivity index (χ2v) is 7.58. The fourth-order valence-electron chi connectivity index (χ4n) is 3.48. The lowest BCUT2D eigenvalue weighted by Crippen LogP contribution is -2.62. The number of hydrogen-bond acceptors (Lipinski definition) is 5. The van der Waals surface area contributed by atoms with Gasteiger partial charge >= 0.3 is 0 Å². The Kier molecular flexibility index (Phi) is 6.59. The molecule has 27 heavy (non-hydrogen) atoms. The third-order valence-corrected chi connectivity index (χ3v) is 5.40. The first kappa shape index (κ1) is 21.3. The largest absolute Gasteiger partial charge is 0.493 e. The first-order valence-electron chi connectivity index (χ1n) is 8.80. The zero-order valence-corrected chi connectivity index (χ0v) is 17.1. The molecule has 2 amide bonds. The fraction of sp³-hybridized carbons (Fsp3) is 0.579. The van der Waals surface area contributed by atoms with E-state index in [2.05, 4.69) is 13.8 Å². The van der Waals surface area contributed by atoms with Crippen LogP contribution in [0.5, 0.6) is 11.5 Å². The van der Waals surface area contributed by atoms with Crippen LogP contribution in [0.25, 0.3) is 0 Å². The van der Waals surface area contributed by atoms with E-state index < -0.39 is 5.91 Å². The Bertz CT molecular complexity index is 722. The second-order valence-electron chi connectivity index (χ2n) is 7.18. The van der Waals surface area contributed by atoms with Gasteiger partial charge in [-0.15, -0.1) is 0 Å². The Labute approximate surface area is 164 Å². The van der Waals surface area contributed by atoms with E-state index in [9.17, 15) is 9.59 Å². The van der Waals surface area contributed by atoms with Crippen molar-refractivity contribution in [2.75, 3.05) is 27.4 Å². The number of nitrogens with zero attached hydrogens (tertiary/aromatic N) is 1. The highest BCUT2D eigenvalue weighted by molar-refractivity contribution is 6.32. The number of carbonyl (C=O) groups is 2. The molecule has 1 aromatic carbocycles. The van der Waals surface area contributed by atoms with Gasteiger partial charge < -0.3 is 24.8 Å². The molecule has 0 bridgehead atoms. The summed E-state index contributed by atoms with van der Waals surface area (Å²) < 4.78 is 16.3. The van der Waals surface area contributed by atoms with Gasteiger partial charge in [0.15, 0.2) is 18.1 Å². The van der Waals surface area contributed by atoms with Crippen molar-refractivity contribution >= 4 is 23.4 Å². The molecule has 1 aromatic rings. The maximum Gasteiger partial charge on any atom is 0.255 e. The van der Waals surface area contributed by atoms with E-state index in [0.29, 0.717) is 12.2 Å². The molecule has 0 aliphatic heterocycles. The summed E-state index contributed by atoms with van der Waals surface area (Å²) in [6, 6.07) is 3.11. The van der Waals surface area contributed by atoms with Crippen LogP contribution in [0.2, 0.25) is 5.02 Å². The van der Waals surface area contributed by atoms with Crippen LogP contribution < -0.4 is 15.2 Å². The summed E-state index contributed by atoms with van der Waals surface area (Å²) in [5, 5.41) is 0.174. The molecule has 2 unspecified atom stereocenters. The van der Waals surface area contributed by atoms with Gasteiger partial charge in [-0.2, -0.15) is 0 Å². The molecule has 1 aliphatic rings. The average molecular weight is 399 g/mol. The average Bonchev–Trinajstić information content (AvgIpc) is 2.61. The smallest absolute Gasteiger partial charge is 0.255 e. The Morgan fingerprint density at radius 3 is 2.56 bits per heavy atom. The highest BCUT2D eigenvalue weighted by Gasteiger charge is 2.51. The molecule has 2 rings (SSSR count). The number of hydrogen-bond donors (Lipinski definition) is 1. The number of carbonyl (C=O) groups excluding carboxylic acids is 2. The molecule has 150 valence electrons. The minimum atomic E-state index is -0.635. The fourth-order valence-corrected chi connectivity index (χ4v) is 3.74. The molecular formula is C19H27ClN2O5. The van der Waals surface area contributed by atoms with Gasteiger partial charge in [0.1, 0.15) is 0 Å². The lowest BCUT2D eigenvalue weighted by Gasteiger charge is -2.54. The third kappa shape index (κ3) is 4.30. The number of amides is 2. The number of rotatable bonds is 8. The Morgan fingerprint density at radius 2 is 2.04 bits per heavy atom. The van der Waals surface area contributed by atoms with Crippen molar-refractivity contribution in [3.63, 3.8) is 0 Å². The maximum atomic E-state index is 13.0. The van der Waals surface area contributed by atoms with Crippen molar-refractivity contribution < 1.29 is 23.8 Å². The van der Waals surface area contributed by atoms with Gasteiger partial charge in [-0.1, -0.05) is 25.4 Å². The van der Waals surface area contributed by atoms with Crippen LogP contribution in [0.4, 0.5) is 0 Å². The summed E-state index contributed by atoms with van der Waals surface area (Å²) in [7, 11) is 3.21. The second kappa shape index (κ2) is 8.35. The third-order valence-electron chi connectivity index (χ3n) is 5.12. The number of methoxy groups -OCH3 is 1. The molecule has 0 saturated heterocycles.